The van der Waals surface area contributed by atoms with Gasteiger partial charge in [-0.05, 0) is 98.8 Å². The average molecular weight is 736 g/mol. The Morgan fingerprint density at radius 3 is 1.72 bits per heavy atom. The zero-order valence-electron chi connectivity index (χ0n) is 32.6. The fourth-order valence-corrected chi connectivity index (χ4v) is 9.45. The number of nitrogens with zero attached hydrogens (tertiary/aromatic N) is 1. The molecule has 2 aromatic rings. The van der Waals surface area contributed by atoms with E-state index in [0.29, 0.717) is 23.8 Å². The van der Waals surface area contributed by atoms with Gasteiger partial charge in [-0.2, -0.15) is 0 Å². The lowest BCUT2D eigenvalue weighted by Gasteiger charge is -2.46. The van der Waals surface area contributed by atoms with Crippen molar-refractivity contribution < 1.29 is 52.4 Å². The lowest BCUT2D eigenvalue weighted by atomic mass is 9.66. The summed E-state index contributed by atoms with van der Waals surface area (Å²) in [6, 6.07) is 4.63. The van der Waals surface area contributed by atoms with Crippen LogP contribution in [0, 0.1) is 28.6 Å². The molecule has 5 aliphatic rings. The zero-order valence-corrected chi connectivity index (χ0v) is 32.6. The summed E-state index contributed by atoms with van der Waals surface area (Å²) in [7, 11) is 0. The number of fused-ring (bicyclic) bond motifs is 7. The first kappa shape index (κ1) is 36.9. The summed E-state index contributed by atoms with van der Waals surface area (Å²) < 4.78 is 37.8. The van der Waals surface area contributed by atoms with Crippen molar-refractivity contribution in [2.75, 3.05) is 0 Å². The van der Waals surface area contributed by atoms with E-state index in [9.17, 15) is 28.8 Å². The summed E-state index contributed by atoms with van der Waals surface area (Å²) in [5.74, 6) is -2.58. The van der Waals surface area contributed by atoms with Crippen molar-refractivity contribution in [3.05, 3.63) is 39.7 Å². The average Bonchev–Trinajstić information content (AvgIpc) is 3.49. The number of esters is 4. The minimum Gasteiger partial charge on any atom is -0.483 e. The minimum absolute atomic E-state index is 0.0340. The molecule has 2 saturated heterocycles. The molecule has 286 valence electrons. The molecule has 4 heterocycles. The van der Waals surface area contributed by atoms with E-state index in [4.69, 9.17) is 28.4 Å². The van der Waals surface area contributed by atoms with Crippen LogP contribution in [-0.4, -0.2) is 63.0 Å². The smallest absolute Gasteiger partial charge is 0.422 e. The molecular weight excluding hydrogens is 686 g/mol. The number of rotatable bonds is 4. The maximum Gasteiger partial charge on any atom is 0.422 e. The molecule has 13 nitrogen and oxygen atoms in total. The molecule has 0 spiro atoms. The van der Waals surface area contributed by atoms with Crippen molar-refractivity contribution in [3.63, 3.8) is 0 Å². The van der Waals surface area contributed by atoms with Crippen LogP contribution in [-0.2, 0) is 42.9 Å². The third-order valence-corrected chi connectivity index (χ3v) is 13.9. The molecule has 1 aromatic carbocycles. The molecule has 1 aromatic heterocycles. The van der Waals surface area contributed by atoms with Crippen LogP contribution in [0.3, 0.4) is 0 Å². The Balaban J connectivity index is 1.44. The molecule has 13 heteroatoms. The van der Waals surface area contributed by atoms with Crippen molar-refractivity contribution in [1.82, 2.24) is 4.57 Å². The van der Waals surface area contributed by atoms with Crippen LogP contribution in [0.1, 0.15) is 119 Å². The summed E-state index contributed by atoms with van der Waals surface area (Å²) in [6.07, 6.45) is -2.76. The normalized spacial score (nSPS) is 34.2. The van der Waals surface area contributed by atoms with Crippen LogP contribution in [0.4, 0.5) is 4.79 Å². The standard InChI is InChI=1S/C40H49NO12/c1-20-19-23(42)41(32(47)53-33(2,3)4)25-21(20)13-14-22-24(25)26(48-30(45)39-17-15-37(11,28(43)51-39)35(39,7)8)27(34(5,6)50-22)49-31(46)40-18-16-38(12,29(44)52-40)36(40,9)10/h13-14,19,26-27H,15-18H2,1-12H3/t26-,27-,37?,38?,39?,40?/m1/s1. The van der Waals surface area contributed by atoms with Crippen LogP contribution in [0.5, 0.6) is 5.75 Å². The number of carbonyl (C=O) groups excluding carboxylic acids is 5. The molecular formula is C40H49NO12. The second kappa shape index (κ2) is 10.6. The second-order valence-electron chi connectivity index (χ2n) is 18.6. The fourth-order valence-electron chi connectivity index (χ4n) is 9.45. The van der Waals surface area contributed by atoms with Crippen LogP contribution in [0.15, 0.2) is 23.0 Å². The van der Waals surface area contributed by atoms with E-state index >= 15 is 0 Å². The zero-order chi connectivity index (χ0) is 39.3. The van der Waals surface area contributed by atoms with Crippen molar-refractivity contribution in [2.45, 2.75) is 143 Å². The third kappa shape index (κ3) is 4.48. The van der Waals surface area contributed by atoms with Gasteiger partial charge < -0.3 is 28.4 Å². The number of aromatic nitrogens is 1. The largest absolute Gasteiger partial charge is 0.483 e. The number of hydrogen-bond acceptors (Lipinski definition) is 12. The van der Waals surface area contributed by atoms with E-state index in [1.807, 2.05) is 0 Å². The molecule has 4 unspecified atom stereocenters. The van der Waals surface area contributed by atoms with Crippen LogP contribution in [0.2, 0.25) is 0 Å². The number of aryl methyl sites for hydroxylation is 1. The number of carbonyl (C=O) groups is 5. The topological polar surface area (TPSA) is 163 Å². The molecule has 3 aliphatic heterocycles. The summed E-state index contributed by atoms with van der Waals surface area (Å²) in [5, 5.41) is 0.443. The fraction of sp³-hybridized carbons (Fsp3) is 0.650. The van der Waals surface area contributed by atoms with Gasteiger partial charge in [-0.1, -0.05) is 27.7 Å². The highest BCUT2D eigenvalue weighted by Crippen LogP contribution is 2.67. The number of pyridine rings is 1. The van der Waals surface area contributed by atoms with Crippen molar-refractivity contribution >= 4 is 40.9 Å². The highest BCUT2D eigenvalue weighted by molar-refractivity contribution is 5.97. The molecule has 0 amide bonds. The predicted octanol–water partition coefficient (Wildman–Crippen LogP) is 6.00. The Kier molecular flexibility index (Phi) is 7.40. The second-order valence-corrected chi connectivity index (χ2v) is 18.6. The lowest BCUT2D eigenvalue weighted by molar-refractivity contribution is -0.217. The first-order chi connectivity index (χ1) is 24.2. The Hall–Kier alpha value is -4.42. The van der Waals surface area contributed by atoms with Crippen LogP contribution < -0.4 is 10.3 Å². The molecule has 2 saturated carbocycles. The molecule has 6 atom stereocenters. The Morgan fingerprint density at radius 1 is 0.755 bits per heavy atom. The van der Waals surface area contributed by atoms with Gasteiger partial charge in [-0.25, -0.2) is 19.0 Å². The number of ether oxygens (including phenoxy) is 6. The first-order valence-electron chi connectivity index (χ1n) is 18.2. The van der Waals surface area contributed by atoms with Gasteiger partial charge in [0.2, 0.25) is 11.2 Å². The molecule has 4 fully saturated rings. The van der Waals surface area contributed by atoms with Gasteiger partial charge in [0.05, 0.1) is 21.9 Å². The SMILES string of the molecule is Cc1cc(=O)n(C(=O)OC(C)(C)C)c2c3c(ccc12)OC(C)(C)[C@H](OC(=O)C12CCC(C)(C(=O)O1)C2(C)C)[C@@H]3OC(=O)C12CCC(C)(C(=O)O1)C2(C)C. The van der Waals surface area contributed by atoms with Crippen LogP contribution in [0.25, 0.3) is 10.9 Å². The molecule has 7 rings (SSSR count). The van der Waals surface area contributed by atoms with E-state index in [2.05, 4.69) is 0 Å². The number of benzene rings is 1. The Bertz CT molecular complexity index is 2100. The van der Waals surface area contributed by atoms with E-state index in [1.165, 1.54) is 6.07 Å². The van der Waals surface area contributed by atoms with Gasteiger partial charge in [0, 0.05) is 22.3 Å². The highest BCUT2D eigenvalue weighted by Gasteiger charge is 2.78. The molecule has 0 N–H and O–H groups in total. The molecule has 4 bridgehead atoms. The predicted molar refractivity (Wildman–Crippen MR) is 188 cm³/mol. The van der Waals surface area contributed by atoms with Gasteiger partial charge in [-0.15, -0.1) is 0 Å². The van der Waals surface area contributed by atoms with Gasteiger partial charge in [0.25, 0.3) is 5.56 Å². The Morgan fingerprint density at radius 2 is 1.26 bits per heavy atom. The number of hydrogen-bond donors (Lipinski definition) is 0. The summed E-state index contributed by atoms with van der Waals surface area (Å²) in [4.78, 5) is 83.5. The highest BCUT2D eigenvalue weighted by atomic mass is 16.7. The van der Waals surface area contributed by atoms with E-state index in [1.54, 1.807) is 95.2 Å². The molecule has 53 heavy (non-hydrogen) atoms. The van der Waals surface area contributed by atoms with Gasteiger partial charge >= 0.3 is 30.0 Å². The minimum atomic E-state index is -1.68. The van der Waals surface area contributed by atoms with E-state index < -0.39 is 91.8 Å². The Labute approximate surface area is 307 Å². The van der Waals surface area contributed by atoms with Gasteiger partial charge in [0.1, 0.15) is 17.0 Å². The monoisotopic (exact) mass is 735 g/mol. The summed E-state index contributed by atoms with van der Waals surface area (Å²) in [6.45, 7) is 20.7. The molecule has 0 radical (unpaired) electrons. The van der Waals surface area contributed by atoms with Gasteiger partial charge in [-0.3, -0.25) is 14.4 Å². The quantitative estimate of drug-likeness (QED) is 0.266. The van der Waals surface area contributed by atoms with Crippen molar-refractivity contribution in [3.8, 4) is 5.75 Å². The molecule has 2 aliphatic carbocycles. The van der Waals surface area contributed by atoms with Crippen LogP contribution >= 0.6 is 0 Å². The summed E-state index contributed by atoms with van der Waals surface area (Å²) >= 11 is 0. The van der Waals surface area contributed by atoms with Gasteiger partial charge in [0.15, 0.2) is 12.2 Å². The van der Waals surface area contributed by atoms with E-state index in [0.717, 1.165) is 4.57 Å². The maximum absolute atomic E-state index is 14.8. The van der Waals surface area contributed by atoms with Crippen molar-refractivity contribution in [1.29, 1.82) is 0 Å². The third-order valence-electron chi connectivity index (χ3n) is 13.9. The van der Waals surface area contributed by atoms with Crippen molar-refractivity contribution in [2.24, 2.45) is 21.7 Å². The van der Waals surface area contributed by atoms with E-state index in [-0.39, 0.29) is 29.7 Å². The maximum atomic E-state index is 14.8. The first-order valence-corrected chi connectivity index (χ1v) is 18.2. The lowest BCUT2D eigenvalue weighted by Crippen LogP contribution is -2.58. The summed E-state index contributed by atoms with van der Waals surface area (Å²) in [5.41, 5.74) is -9.66.